The summed E-state index contributed by atoms with van der Waals surface area (Å²) in [5, 5.41) is 28.1. The van der Waals surface area contributed by atoms with Crippen molar-refractivity contribution < 1.29 is 9.72 Å². The van der Waals surface area contributed by atoms with Gasteiger partial charge in [-0.25, -0.2) is 0 Å². The van der Waals surface area contributed by atoms with Crippen LogP contribution in [-0.4, -0.2) is 23.8 Å². The molecule has 7 nitrogen and oxygen atoms in total. The topological polar surface area (TPSA) is 111 Å². The quantitative estimate of drug-likeness (QED) is 0.343. The van der Waals surface area contributed by atoms with Gasteiger partial charge in [-0.3, -0.25) is 14.9 Å². The first kappa shape index (κ1) is 14.1. The molecular formula is C12H10N4O3. The zero-order valence-electron chi connectivity index (χ0n) is 10.2. The lowest BCUT2D eigenvalue weighted by molar-refractivity contribution is -0.384. The summed E-state index contributed by atoms with van der Waals surface area (Å²) >= 11 is 0. The minimum absolute atomic E-state index is 0.0777. The lowest BCUT2D eigenvalue weighted by Crippen LogP contribution is -2.25. The molecule has 0 aromatic heterocycles. The zero-order valence-corrected chi connectivity index (χ0v) is 10.2. The molecule has 0 N–H and O–H groups in total. The van der Waals surface area contributed by atoms with Crippen LogP contribution in [0, 0.1) is 32.8 Å². The zero-order chi connectivity index (χ0) is 14.4. The number of rotatable bonds is 5. The lowest BCUT2D eigenvalue weighted by atomic mass is 10.1. The molecule has 0 atom stereocenters. The molecule has 0 heterocycles. The highest BCUT2D eigenvalue weighted by molar-refractivity contribution is 6.00. The molecule has 0 bridgehead atoms. The van der Waals surface area contributed by atoms with E-state index in [-0.39, 0.29) is 30.1 Å². The normalized spacial score (nSPS) is 9.21. The van der Waals surface area contributed by atoms with Crippen LogP contribution in [0.15, 0.2) is 18.2 Å². The number of nitrogens with zero attached hydrogens (tertiary/aromatic N) is 4. The average Bonchev–Trinajstić information content (AvgIpc) is 2.37. The maximum Gasteiger partial charge on any atom is 0.270 e. The predicted molar refractivity (Wildman–Crippen MR) is 66.5 cm³/mol. The third kappa shape index (κ3) is 3.27. The summed E-state index contributed by atoms with van der Waals surface area (Å²) in [6.45, 7) is 1.12. The Kier molecular flexibility index (Phi) is 4.56. The number of nitro groups is 1. The second-order valence-electron chi connectivity index (χ2n) is 3.69. The molecule has 0 saturated carbocycles. The van der Waals surface area contributed by atoms with Crippen LogP contribution in [0.25, 0.3) is 0 Å². The fraction of sp³-hybridized carbons (Fsp3) is 0.250. The smallest absolute Gasteiger partial charge is 0.270 e. The first-order valence-corrected chi connectivity index (χ1v) is 5.29. The van der Waals surface area contributed by atoms with E-state index in [1.165, 1.54) is 24.0 Å². The Morgan fingerprint density at radius 3 is 2.37 bits per heavy atom. The fourth-order valence-corrected chi connectivity index (χ4v) is 1.59. The number of anilines is 1. The van der Waals surface area contributed by atoms with Crippen molar-refractivity contribution in [3.05, 3.63) is 33.9 Å². The third-order valence-electron chi connectivity index (χ3n) is 2.43. The van der Waals surface area contributed by atoms with E-state index in [0.717, 1.165) is 6.07 Å². The molecule has 1 aromatic carbocycles. The minimum Gasteiger partial charge on any atom is -0.344 e. The van der Waals surface area contributed by atoms with Crippen LogP contribution >= 0.6 is 0 Å². The molecule has 0 aliphatic carbocycles. The predicted octanol–water partition coefficient (Wildman–Crippen LogP) is 1.65. The molecule has 0 aliphatic heterocycles. The van der Waals surface area contributed by atoms with E-state index in [0.29, 0.717) is 5.69 Å². The highest BCUT2D eigenvalue weighted by Gasteiger charge is 2.18. The molecule has 0 spiro atoms. The molecule has 7 heteroatoms. The molecule has 19 heavy (non-hydrogen) atoms. The Labute approximate surface area is 109 Å². The average molecular weight is 258 g/mol. The van der Waals surface area contributed by atoms with E-state index in [9.17, 15) is 14.9 Å². The Hall–Kier alpha value is -2.93. The summed E-state index contributed by atoms with van der Waals surface area (Å²) in [6, 6.07) is 7.54. The third-order valence-corrected chi connectivity index (χ3v) is 2.43. The molecule has 1 aromatic rings. The van der Waals surface area contributed by atoms with Gasteiger partial charge >= 0.3 is 0 Å². The van der Waals surface area contributed by atoms with Crippen molar-refractivity contribution in [1.29, 1.82) is 10.5 Å². The van der Waals surface area contributed by atoms with Crippen LogP contribution in [-0.2, 0) is 0 Å². The van der Waals surface area contributed by atoms with Crippen molar-refractivity contribution >= 4 is 17.2 Å². The first-order chi connectivity index (χ1) is 9.01. The summed E-state index contributed by atoms with van der Waals surface area (Å²) in [7, 11) is 0. The summed E-state index contributed by atoms with van der Waals surface area (Å²) in [5.74, 6) is -0.362. The van der Waals surface area contributed by atoms with E-state index in [4.69, 9.17) is 10.5 Å². The monoisotopic (exact) mass is 258 g/mol. The van der Waals surface area contributed by atoms with Crippen molar-refractivity contribution in [2.24, 2.45) is 0 Å². The van der Waals surface area contributed by atoms with Crippen molar-refractivity contribution in [3.8, 4) is 12.1 Å². The van der Waals surface area contributed by atoms with Gasteiger partial charge in [-0.2, -0.15) is 10.5 Å². The van der Waals surface area contributed by atoms with Gasteiger partial charge in [0.1, 0.15) is 13.1 Å². The van der Waals surface area contributed by atoms with Crippen LogP contribution in [0.3, 0.4) is 0 Å². The largest absolute Gasteiger partial charge is 0.344 e. The van der Waals surface area contributed by atoms with Gasteiger partial charge in [0.2, 0.25) is 0 Å². The van der Waals surface area contributed by atoms with Crippen LogP contribution in [0.2, 0.25) is 0 Å². The number of benzene rings is 1. The van der Waals surface area contributed by atoms with E-state index in [1.807, 2.05) is 12.1 Å². The van der Waals surface area contributed by atoms with Crippen molar-refractivity contribution in [1.82, 2.24) is 0 Å². The van der Waals surface area contributed by atoms with Gasteiger partial charge in [0, 0.05) is 23.4 Å². The maximum atomic E-state index is 11.5. The molecule has 0 unspecified atom stereocenters. The first-order valence-electron chi connectivity index (χ1n) is 5.29. The number of ketones is 1. The minimum atomic E-state index is -0.602. The highest BCUT2D eigenvalue weighted by atomic mass is 16.6. The van der Waals surface area contributed by atoms with Crippen LogP contribution in [0.5, 0.6) is 0 Å². The Morgan fingerprint density at radius 2 is 1.95 bits per heavy atom. The second-order valence-corrected chi connectivity index (χ2v) is 3.69. The summed E-state index contributed by atoms with van der Waals surface area (Å²) < 4.78 is 0. The van der Waals surface area contributed by atoms with Crippen LogP contribution in [0.1, 0.15) is 17.3 Å². The second kappa shape index (κ2) is 6.12. The van der Waals surface area contributed by atoms with E-state index < -0.39 is 4.92 Å². The van der Waals surface area contributed by atoms with Gasteiger partial charge in [-0.05, 0) is 13.0 Å². The van der Waals surface area contributed by atoms with Crippen LogP contribution in [0.4, 0.5) is 11.4 Å². The van der Waals surface area contributed by atoms with Gasteiger partial charge in [0.15, 0.2) is 5.78 Å². The molecule has 0 fully saturated rings. The Balaban J connectivity index is 3.34. The number of nitro benzene ring substituents is 1. The van der Waals surface area contributed by atoms with Crippen molar-refractivity contribution in [3.63, 3.8) is 0 Å². The number of non-ortho nitro benzene ring substituents is 1. The van der Waals surface area contributed by atoms with E-state index in [1.54, 1.807) is 0 Å². The van der Waals surface area contributed by atoms with E-state index in [2.05, 4.69) is 0 Å². The number of Topliss-reactive ketones (excluding diaryl/α,β-unsaturated/α-hetero) is 1. The van der Waals surface area contributed by atoms with Crippen molar-refractivity contribution in [2.75, 3.05) is 18.0 Å². The number of hydrogen-bond acceptors (Lipinski definition) is 6. The molecule has 0 aliphatic rings. The van der Waals surface area contributed by atoms with Gasteiger partial charge in [-0.15, -0.1) is 0 Å². The van der Waals surface area contributed by atoms with Crippen molar-refractivity contribution in [2.45, 2.75) is 6.92 Å². The number of hydrogen-bond donors (Lipinski definition) is 0. The molecular weight excluding hydrogens is 248 g/mol. The number of carbonyl (C=O) groups is 1. The van der Waals surface area contributed by atoms with Gasteiger partial charge in [-0.1, -0.05) is 0 Å². The molecule has 96 valence electrons. The molecule has 0 amide bonds. The number of nitriles is 2. The van der Waals surface area contributed by atoms with Gasteiger partial charge < -0.3 is 4.90 Å². The maximum absolute atomic E-state index is 11.5. The van der Waals surface area contributed by atoms with E-state index >= 15 is 0 Å². The lowest BCUT2D eigenvalue weighted by Gasteiger charge is -2.20. The molecule has 0 radical (unpaired) electrons. The SMILES string of the molecule is CC(=O)c1cc([N+](=O)[O-])ccc1N(CC#N)CC#N. The standard InChI is InChI=1S/C12H10N4O3/c1-9(17)11-8-10(16(18)19)2-3-12(11)15(6-4-13)7-5-14/h2-3,8H,6-7H2,1H3. The molecule has 1 rings (SSSR count). The number of carbonyl (C=O) groups excluding carboxylic acids is 1. The van der Waals surface area contributed by atoms with Gasteiger partial charge in [0.25, 0.3) is 5.69 Å². The van der Waals surface area contributed by atoms with Gasteiger partial charge in [0.05, 0.1) is 17.1 Å². The Morgan fingerprint density at radius 1 is 1.37 bits per heavy atom. The fourth-order valence-electron chi connectivity index (χ4n) is 1.59. The summed E-state index contributed by atoms with van der Waals surface area (Å²) in [6.07, 6.45) is 0. The summed E-state index contributed by atoms with van der Waals surface area (Å²) in [4.78, 5) is 23.0. The Bertz CT molecular complexity index is 582. The highest BCUT2D eigenvalue weighted by Crippen LogP contribution is 2.25. The van der Waals surface area contributed by atoms with Crippen LogP contribution < -0.4 is 4.90 Å². The molecule has 0 saturated heterocycles. The summed E-state index contributed by atoms with van der Waals surface area (Å²) in [5.41, 5.74) is 0.267.